The quantitative estimate of drug-likeness (QED) is 0.0503. The summed E-state index contributed by atoms with van der Waals surface area (Å²) in [6.45, 7) is 8.06. The van der Waals surface area contributed by atoms with Crippen LogP contribution in [0.3, 0.4) is 0 Å². The van der Waals surface area contributed by atoms with Gasteiger partial charge in [-0.05, 0) is 12.3 Å². The number of phosphoric ester groups is 1. The highest BCUT2D eigenvalue weighted by molar-refractivity contribution is 7.47. The van der Waals surface area contributed by atoms with Crippen LogP contribution in [-0.2, 0) is 27.9 Å². The molecule has 0 aromatic heterocycles. The summed E-state index contributed by atoms with van der Waals surface area (Å²) in [5.74, 6) is -0.645. The third-order valence-corrected chi connectivity index (χ3v) is 10.7. The average molecular weight is 619 g/mol. The Kier molecular flexibility index (Phi) is 17.8. The number of hydrogen-bond donors (Lipinski definition) is 1. The van der Waals surface area contributed by atoms with Crippen LogP contribution in [0.2, 0.25) is 0 Å². The van der Waals surface area contributed by atoms with Crippen molar-refractivity contribution in [2.45, 2.75) is 174 Å². The van der Waals surface area contributed by atoms with Crippen molar-refractivity contribution in [3.05, 3.63) is 0 Å². The highest BCUT2D eigenvalue weighted by Gasteiger charge is 2.51. The van der Waals surface area contributed by atoms with Gasteiger partial charge in [0, 0.05) is 39.2 Å². The molecule has 0 radical (unpaired) electrons. The SMILES string of the molecule is CCCCCCCCCCCCCCCCOCC(OC(C)=O)C(OP(=O)(O)OC1CC2CCC(C1)[N+]2(C)C)C(C)C. The molecule has 0 amide bonds. The molecule has 9 heteroatoms. The number of rotatable bonds is 24. The van der Waals surface area contributed by atoms with Gasteiger partial charge < -0.3 is 18.9 Å². The van der Waals surface area contributed by atoms with Gasteiger partial charge in [-0.3, -0.25) is 13.8 Å². The topological polar surface area (TPSA) is 91.3 Å². The second-order valence-corrected chi connectivity index (χ2v) is 15.2. The number of fused-ring (bicyclic) bond motifs is 2. The van der Waals surface area contributed by atoms with E-state index < -0.39 is 26.0 Å². The van der Waals surface area contributed by atoms with Gasteiger partial charge in [0.1, 0.15) is 6.10 Å². The molecule has 42 heavy (non-hydrogen) atoms. The normalized spacial score (nSPS) is 24.4. The molecule has 0 aromatic carbocycles. The van der Waals surface area contributed by atoms with Crippen LogP contribution in [0.4, 0.5) is 0 Å². The summed E-state index contributed by atoms with van der Waals surface area (Å²) in [6.07, 6.45) is 20.0. The zero-order chi connectivity index (χ0) is 31.0. The van der Waals surface area contributed by atoms with E-state index in [1.807, 2.05) is 13.8 Å². The Labute approximate surface area is 257 Å². The van der Waals surface area contributed by atoms with Gasteiger partial charge in [-0.25, -0.2) is 4.57 Å². The van der Waals surface area contributed by atoms with Crippen molar-refractivity contribution in [1.82, 2.24) is 0 Å². The molecular weight excluding hydrogens is 553 g/mol. The molecule has 8 nitrogen and oxygen atoms in total. The summed E-state index contributed by atoms with van der Waals surface area (Å²) in [5, 5.41) is 0. The van der Waals surface area contributed by atoms with Crippen molar-refractivity contribution in [1.29, 1.82) is 0 Å². The van der Waals surface area contributed by atoms with E-state index in [9.17, 15) is 14.3 Å². The fourth-order valence-corrected chi connectivity index (χ4v) is 8.20. The molecule has 248 valence electrons. The largest absolute Gasteiger partial charge is 0.472 e. The van der Waals surface area contributed by atoms with Crippen LogP contribution in [0, 0.1) is 5.92 Å². The maximum Gasteiger partial charge on any atom is 0.472 e. The highest BCUT2D eigenvalue weighted by atomic mass is 31.2. The van der Waals surface area contributed by atoms with E-state index in [2.05, 4.69) is 21.0 Å². The standard InChI is InChI=1S/C33H64NO7P/c1-7-8-9-10-11-12-13-14-15-16-17-18-19-20-23-38-26-32(39-28(4)35)33(27(2)3)41-42(36,37)40-31-24-29-21-22-30(25-31)34(29,5)6/h27,29-33H,7-26H2,1-6H3/p+1. The lowest BCUT2D eigenvalue weighted by atomic mass is 9.98. The minimum atomic E-state index is -4.37. The van der Waals surface area contributed by atoms with Crippen molar-refractivity contribution in [3.8, 4) is 0 Å². The van der Waals surface area contributed by atoms with Crippen LogP contribution < -0.4 is 0 Å². The van der Waals surface area contributed by atoms with E-state index >= 15 is 0 Å². The number of piperidine rings is 1. The molecule has 5 atom stereocenters. The van der Waals surface area contributed by atoms with Gasteiger partial charge in [0.05, 0.1) is 38.9 Å². The lowest BCUT2D eigenvalue weighted by Crippen LogP contribution is -2.55. The predicted molar refractivity (Wildman–Crippen MR) is 169 cm³/mol. The molecule has 2 heterocycles. The zero-order valence-electron chi connectivity index (χ0n) is 27.9. The summed E-state index contributed by atoms with van der Waals surface area (Å²) >= 11 is 0. The average Bonchev–Trinajstić information content (AvgIpc) is 3.05. The van der Waals surface area contributed by atoms with Gasteiger partial charge in [-0.15, -0.1) is 0 Å². The molecule has 2 fully saturated rings. The highest BCUT2D eigenvalue weighted by Crippen LogP contribution is 2.51. The van der Waals surface area contributed by atoms with E-state index in [1.165, 1.54) is 84.0 Å². The zero-order valence-corrected chi connectivity index (χ0v) is 28.8. The third kappa shape index (κ3) is 14.1. The first-order chi connectivity index (χ1) is 20.0. The summed E-state index contributed by atoms with van der Waals surface area (Å²) in [6, 6.07) is 0.874. The molecule has 2 bridgehead atoms. The van der Waals surface area contributed by atoms with Crippen LogP contribution in [0.5, 0.6) is 0 Å². The number of carbonyl (C=O) groups excluding carboxylic acids is 1. The molecular formula is C33H65NO7P+. The minimum absolute atomic E-state index is 0.125. The second kappa shape index (κ2) is 19.8. The van der Waals surface area contributed by atoms with Crippen LogP contribution in [0.25, 0.3) is 0 Å². The van der Waals surface area contributed by atoms with Crippen LogP contribution in [0.15, 0.2) is 0 Å². The fraction of sp³-hybridized carbons (Fsp3) is 0.970. The Morgan fingerprint density at radius 2 is 1.33 bits per heavy atom. The van der Waals surface area contributed by atoms with E-state index in [-0.39, 0.29) is 18.6 Å². The monoisotopic (exact) mass is 618 g/mol. The van der Waals surface area contributed by atoms with Crippen LogP contribution >= 0.6 is 7.82 Å². The molecule has 0 aliphatic carbocycles. The Hall–Kier alpha value is -0.500. The van der Waals surface area contributed by atoms with E-state index in [4.69, 9.17) is 18.5 Å². The third-order valence-electron chi connectivity index (χ3n) is 9.59. The summed E-state index contributed by atoms with van der Waals surface area (Å²) in [7, 11) is 0.116. The Bertz CT molecular complexity index is 776. The van der Waals surface area contributed by atoms with Gasteiger partial charge in [0.15, 0.2) is 6.10 Å². The number of ether oxygens (including phenoxy) is 2. The number of quaternary nitrogens is 1. The van der Waals surface area contributed by atoms with Gasteiger partial charge in [-0.2, -0.15) is 0 Å². The van der Waals surface area contributed by atoms with Crippen molar-refractivity contribution >= 4 is 13.8 Å². The van der Waals surface area contributed by atoms with Crippen molar-refractivity contribution in [3.63, 3.8) is 0 Å². The Balaban J connectivity index is 1.66. The van der Waals surface area contributed by atoms with Crippen molar-refractivity contribution < 1.29 is 37.3 Å². The van der Waals surface area contributed by atoms with Gasteiger partial charge in [0.25, 0.3) is 0 Å². The minimum Gasteiger partial charge on any atom is -0.457 e. The lowest BCUT2D eigenvalue weighted by Gasteiger charge is -2.44. The number of hydrogen-bond acceptors (Lipinski definition) is 6. The van der Waals surface area contributed by atoms with Crippen LogP contribution in [0.1, 0.15) is 143 Å². The number of nitrogens with zero attached hydrogens (tertiary/aromatic N) is 1. The first-order valence-corrected chi connectivity index (χ1v) is 18.7. The van der Waals surface area contributed by atoms with Gasteiger partial charge in [0.2, 0.25) is 0 Å². The number of unbranched alkanes of at least 4 members (excludes halogenated alkanes) is 13. The number of esters is 1. The molecule has 0 saturated carbocycles. The Morgan fingerprint density at radius 3 is 1.79 bits per heavy atom. The molecule has 2 aliphatic rings. The first-order valence-electron chi connectivity index (χ1n) is 17.2. The summed E-state index contributed by atoms with van der Waals surface area (Å²) in [4.78, 5) is 22.6. The summed E-state index contributed by atoms with van der Waals surface area (Å²) < 4.78 is 36.9. The van der Waals surface area contributed by atoms with Crippen molar-refractivity contribution in [2.24, 2.45) is 5.92 Å². The second-order valence-electron chi connectivity index (χ2n) is 13.8. The predicted octanol–water partition coefficient (Wildman–Crippen LogP) is 8.34. The summed E-state index contributed by atoms with van der Waals surface area (Å²) in [5.41, 5.74) is 0. The van der Waals surface area contributed by atoms with Crippen molar-refractivity contribution in [2.75, 3.05) is 27.3 Å². The van der Waals surface area contributed by atoms with Gasteiger partial charge >= 0.3 is 13.8 Å². The van der Waals surface area contributed by atoms with E-state index in [1.54, 1.807) is 0 Å². The number of carbonyl (C=O) groups is 1. The Morgan fingerprint density at radius 1 is 0.857 bits per heavy atom. The van der Waals surface area contributed by atoms with Gasteiger partial charge in [-0.1, -0.05) is 104 Å². The molecule has 5 unspecified atom stereocenters. The number of phosphoric acid groups is 1. The van der Waals surface area contributed by atoms with Crippen LogP contribution in [-0.4, -0.2) is 73.1 Å². The molecule has 2 rings (SSSR count). The molecule has 2 aliphatic heterocycles. The smallest absolute Gasteiger partial charge is 0.457 e. The first kappa shape index (κ1) is 37.7. The molecule has 0 aromatic rings. The molecule has 2 saturated heterocycles. The van der Waals surface area contributed by atoms with E-state index in [0.717, 1.165) is 43.0 Å². The fourth-order valence-electron chi connectivity index (χ4n) is 6.91. The molecule has 1 N–H and O–H groups in total. The lowest BCUT2D eigenvalue weighted by molar-refractivity contribution is -0.931. The maximum atomic E-state index is 13.1. The maximum absolute atomic E-state index is 13.1. The van der Waals surface area contributed by atoms with E-state index in [0.29, 0.717) is 18.7 Å². The molecule has 0 spiro atoms.